The van der Waals surface area contributed by atoms with Crippen molar-refractivity contribution in [2.75, 3.05) is 26.2 Å². The van der Waals surface area contributed by atoms with Crippen LogP contribution in [0.1, 0.15) is 137 Å². The van der Waals surface area contributed by atoms with E-state index in [1.54, 1.807) is 6.92 Å². The minimum atomic E-state index is -1.15. The van der Waals surface area contributed by atoms with Gasteiger partial charge in [0.25, 0.3) is 0 Å². The summed E-state index contributed by atoms with van der Waals surface area (Å²) in [4.78, 5) is 35.7. The number of carboxylic acids is 3. The van der Waals surface area contributed by atoms with Crippen LogP contribution < -0.4 is 5.11 Å². The summed E-state index contributed by atoms with van der Waals surface area (Å²) in [6, 6.07) is 0. The van der Waals surface area contributed by atoms with Crippen LogP contribution in [0.4, 0.5) is 0 Å². The van der Waals surface area contributed by atoms with Crippen molar-refractivity contribution in [1.29, 1.82) is 0 Å². The normalized spacial score (nSPS) is 15.5. The number of nitrogens with zero attached hydrogens (tertiary/aromatic N) is 1. The first-order valence-corrected chi connectivity index (χ1v) is 16.3. The first kappa shape index (κ1) is 38.1. The van der Waals surface area contributed by atoms with Crippen molar-refractivity contribution in [2.45, 2.75) is 137 Å². The Bertz CT molecular complexity index is 647. The van der Waals surface area contributed by atoms with Gasteiger partial charge >= 0.3 is 11.9 Å². The van der Waals surface area contributed by atoms with Crippen LogP contribution in [0.15, 0.2) is 12.2 Å². The van der Waals surface area contributed by atoms with Crippen LogP contribution in [0.25, 0.3) is 0 Å². The van der Waals surface area contributed by atoms with Gasteiger partial charge in [0.05, 0.1) is 32.1 Å². The van der Waals surface area contributed by atoms with Crippen LogP contribution in [0.3, 0.4) is 0 Å². The van der Waals surface area contributed by atoms with E-state index < -0.39 is 35.7 Å². The minimum absolute atomic E-state index is 0.199. The van der Waals surface area contributed by atoms with Crippen LogP contribution in [-0.4, -0.2) is 58.8 Å². The van der Waals surface area contributed by atoms with E-state index in [1.165, 1.54) is 64.2 Å². The molecule has 7 heteroatoms. The average Bonchev–Trinajstić information content (AvgIpc) is 2.92. The van der Waals surface area contributed by atoms with Gasteiger partial charge < -0.3 is 24.6 Å². The Kier molecular flexibility index (Phi) is 22.7. The molecule has 0 spiro atoms. The number of quaternary nitrogens is 1. The Balaban J connectivity index is 4.93. The maximum atomic E-state index is 11.9. The molecule has 3 unspecified atom stereocenters. The molecule has 0 aliphatic heterocycles. The number of hydrogen-bond donors (Lipinski definition) is 2. The summed E-state index contributed by atoms with van der Waals surface area (Å²) in [7, 11) is 0. The van der Waals surface area contributed by atoms with Crippen molar-refractivity contribution in [3.63, 3.8) is 0 Å². The Morgan fingerprint density at radius 1 is 0.600 bits per heavy atom. The second-order valence-corrected chi connectivity index (χ2v) is 11.9. The molecule has 0 radical (unpaired) electrons. The van der Waals surface area contributed by atoms with Crippen LogP contribution in [0.5, 0.6) is 0 Å². The molecule has 0 fully saturated rings. The van der Waals surface area contributed by atoms with E-state index in [1.807, 2.05) is 13.8 Å². The van der Waals surface area contributed by atoms with Crippen molar-refractivity contribution in [3.05, 3.63) is 12.2 Å². The Hall–Kier alpha value is -1.89. The summed E-state index contributed by atoms with van der Waals surface area (Å²) in [5.74, 6) is -5.00. The van der Waals surface area contributed by atoms with Gasteiger partial charge in [0.1, 0.15) is 11.8 Å². The van der Waals surface area contributed by atoms with Gasteiger partial charge in [-0.05, 0) is 51.4 Å². The van der Waals surface area contributed by atoms with E-state index in [-0.39, 0.29) is 24.1 Å². The summed E-state index contributed by atoms with van der Waals surface area (Å²) < 4.78 is 0.199. The molecule has 0 saturated heterocycles. The van der Waals surface area contributed by atoms with Gasteiger partial charge in [-0.15, -0.1) is 0 Å². The Morgan fingerprint density at radius 2 is 0.975 bits per heavy atom. The van der Waals surface area contributed by atoms with Crippen molar-refractivity contribution in [2.24, 2.45) is 17.8 Å². The summed E-state index contributed by atoms with van der Waals surface area (Å²) in [5, 5.41) is 31.4. The van der Waals surface area contributed by atoms with Crippen LogP contribution in [0, 0.1) is 17.8 Å². The number of aliphatic carboxylic acids is 3. The molecule has 2 N–H and O–H groups in total. The fraction of sp³-hybridized carbons (Fsp3) is 0.848. The summed E-state index contributed by atoms with van der Waals surface area (Å²) >= 11 is 0. The largest absolute Gasteiger partial charge is 0.550 e. The number of carboxylic acid groups (broad SMARTS) is 3. The molecule has 0 rings (SSSR count). The van der Waals surface area contributed by atoms with Crippen molar-refractivity contribution >= 4 is 17.9 Å². The van der Waals surface area contributed by atoms with Crippen LogP contribution in [0.2, 0.25) is 0 Å². The predicted molar refractivity (Wildman–Crippen MR) is 161 cm³/mol. The molecule has 0 aliphatic rings. The quantitative estimate of drug-likeness (QED) is 0.0608. The molecule has 0 aromatic carbocycles. The highest BCUT2D eigenvalue weighted by Crippen LogP contribution is 2.25. The zero-order valence-corrected chi connectivity index (χ0v) is 26.2. The topological polar surface area (TPSA) is 115 Å². The molecule has 40 heavy (non-hydrogen) atoms. The molecule has 0 heterocycles. The van der Waals surface area contributed by atoms with E-state index in [2.05, 4.69) is 19.1 Å². The third-order valence-corrected chi connectivity index (χ3v) is 8.48. The van der Waals surface area contributed by atoms with Gasteiger partial charge in [-0.2, -0.15) is 0 Å². The SMILES string of the molecule is CCCCCCCCCCCC/C=C/CCCC[N+](CC(CC)C(=O)[O-])(CC(CC)C(=O)O)CC(CC)C(=O)O. The molecule has 0 bridgehead atoms. The summed E-state index contributed by atoms with van der Waals surface area (Å²) in [6.07, 6.45) is 22.7. The third kappa shape index (κ3) is 17.7. The van der Waals surface area contributed by atoms with Gasteiger partial charge in [0, 0.05) is 5.92 Å². The number of rotatable bonds is 28. The number of carbonyl (C=O) groups is 3. The highest BCUT2D eigenvalue weighted by Gasteiger charge is 2.39. The molecule has 0 aliphatic carbocycles. The van der Waals surface area contributed by atoms with Crippen molar-refractivity contribution < 1.29 is 34.2 Å². The molecular weight excluding hydrogens is 506 g/mol. The van der Waals surface area contributed by atoms with Crippen molar-refractivity contribution in [3.8, 4) is 0 Å². The first-order chi connectivity index (χ1) is 19.2. The van der Waals surface area contributed by atoms with Crippen LogP contribution >= 0.6 is 0 Å². The third-order valence-electron chi connectivity index (χ3n) is 8.48. The Morgan fingerprint density at radius 3 is 1.35 bits per heavy atom. The lowest BCUT2D eigenvalue weighted by molar-refractivity contribution is -0.935. The molecule has 7 nitrogen and oxygen atoms in total. The van der Waals surface area contributed by atoms with E-state index >= 15 is 0 Å². The minimum Gasteiger partial charge on any atom is -0.550 e. The van der Waals surface area contributed by atoms with Gasteiger partial charge in [-0.25, -0.2) is 0 Å². The highest BCUT2D eigenvalue weighted by molar-refractivity contribution is 5.70. The molecule has 0 saturated carbocycles. The maximum absolute atomic E-state index is 11.9. The second-order valence-electron chi connectivity index (χ2n) is 11.9. The number of allylic oxidation sites excluding steroid dienone is 2. The monoisotopic (exact) mass is 567 g/mol. The lowest BCUT2D eigenvalue weighted by atomic mass is 9.95. The average molecular weight is 568 g/mol. The predicted octanol–water partition coefficient (Wildman–Crippen LogP) is 6.84. The van der Waals surface area contributed by atoms with E-state index in [0.717, 1.165) is 25.7 Å². The second kappa shape index (κ2) is 23.8. The van der Waals surface area contributed by atoms with Gasteiger partial charge in [-0.3, -0.25) is 9.59 Å². The zero-order chi connectivity index (χ0) is 30.2. The van der Waals surface area contributed by atoms with Gasteiger partial charge in [0.15, 0.2) is 0 Å². The zero-order valence-electron chi connectivity index (χ0n) is 26.2. The molecule has 0 amide bonds. The number of carbonyl (C=O) groups excluding carboxylic acids is 1. The smallest absolute Gasteiger partial charge is 0.312 e. The first-order valence-electron chi connectivity index (χ1n) is 16.3. The standard InChI is InChI=1S/C33H61NO6/c1-5-9-10-11-12-13-14-15-16-17-18-19-20-21-22-23-24-34(25-28(6-2)31(35)36,26-29(7-3)32(37)38)27-30(8-4)33(39)40/h19-20,28-30H,5-18,21-27H2,1-4H3,(H2-,35,36,37,38,39,40)/b20-19+. The molecule has 0 aromatic rings. The lowest BCUT2D eigenvalue weighted by Gasteiger charge is -2.44. The fourth-order valence-corrected chi connectivity index (χ4v) is 5.73. The number of unbranched alkanes of at least 4 members (excludes halogenated alkanes) is 12. The van der Waals surface area contributed by atoms with E-state index in [4.69, 9.17) is 0 Å². The summed E-state index contributed by atoms with van der Waals surface area (Å²) in [6.45, 7) is 8.95. The van der Waals surface area contributed by atoms with Crippen molar-refractivity contribution in [1.82, 2.24) is 0 Å². The van der Waals surface area contributed by atoms with E-state index in [0.29, 0.717) is 25.8 Å². The number of hydrogen-bond acceptors (Lipinski definition) is 4. The lowest BCUT2D eigenvalue weighted by Crippen LogP contribution is -2.59. The van der Waals surface area contributed by atoms with Crippen LogP contribution in [-0.2, 0) is 14.4 Å². The summed E-state index contributed by atoms with van der Waals surface area (Å²) in [5.41, 5.74) is 0. The molecule has 0 aromatic heterocycles. The molecule has 234 valence electrons. The molecular formula is C33H61NO6. The van der Waals surface area contributed by atoms with E-state index in [9.17, 15) is 29.7 Å². The highest BCUT2D eigenvalue weighted by atomic mass is 16.4. The van der Waals surface area contributed by atoms with Gasteiger partial charge in [-0.1, -0.05) is 97.6 Å². The maximum Gasteiger partial charge on any atom is 0.312 e. The van der Waals surface area contributed by atoms with Gasteiger partial charge in [0.2, 0.25) is 0 Å². The molecule has 3 atom stereocenters. The Labute approximate surface area is 245 Å². The fourth-order valence-electron chi connectivity index (χ4n) is 5.73.